The van der Waals surface area contributed by atoms with Crippen molar-refractivity contribution in [3.8, 4) is 0 Å². The minimum absolute atomic E-state index is 0.274. The Hall–Kier alpha value is -2.09. The first kappa shape index (κ1) is 16.0. The van der Waals surface area contributed by atoms with Gasteiger partial charge in [0.2, 0.25) is 0 Å². The lowest BCUT2D eigenvalue weighted by Gasteiger charge is -2.12. The standard InChI is InChI=1S/C12H16N2O5S/c1-2-7-3-4-8(20-7)6-13-12(19)14-9(11(17)18)5-10(15)16/h3-4,9H,2,5-6H2,1H3,(H,15,16)(H,17,18)(H2,13,14,19). The summed E-state index contributed by atoms with van der Waals surface area (Å²) >= 11 is 1.56. The van der Waals surface area contributed by atoms with E-state index in [1.165, 1.54) is 4.88 Å². The van der Waals surface area contributed by atoms with Crippen molar-refractivity contribution in [2.45, 2.75) is 32.4 Å². The Kier molecular flexibility index (Phi) is 5.98. The molecule has 0 aromatic carbocycles. The Morgan fingerprint density at radius 1 is 1.25 bits per heavy atom. The molecule has 0 aliphatic rings. The van der Waals surface area contributed by atoms with Gasteiger partial charge in [-0.25, -0.2) is 9.59 Å². The molecule has 1 heterocycles. The van der Waals surface area contributed by atoms with E-state index < -0.39 is 30.4 Å². The van der Waals surface area contributed by atoms with Gasteiger partial charge in [-0.05, 0) is 18.6 Å². The molecule has 0 bridgehead atoms. The maximum atomic E-state index is 11.5. The average molecular weight is 300 g/mol. The van der Waals surface area contributed by atoms with Gasteiger partial charge in [0.1, 0.15) is 6.04 Å². The predicted octanol–water partition coefficient (Wildman–Crippen LogP) is 1.04. The average Bonchev–Trinajstić information content (AvgIpc) is 2.83. The number of carboxylic acid groups (broad SMARTS) is 2. The van der Waals surface area contributed by atoms with E-state index in [2.05, 4.69) is 10.6 Å². The fraction of sp³-hybridized carbons (Fsp3) is 0.417. The second-order valence-electron chi connectivity index (χ2n) is 4.04. The van der Waals surface area contributed by atoms with Gasteiger partial charge >= 0.3 is 18.0 Å². The molecule has 0 fully saturated rings. The smallest absolute Gasteiger partial charge is 0.326 e. The highest BCUT2D eigenvalue weighted by Gasteiger charge is 2.22. The zero-order valence-electron chi connectivity index (χ0n) is 10.9. The first-order valence-electron chi connectivity index (χ1n) is 5.99. The third kappa shape index (κ3) is 5.27. The molecule has 1 aromatic heterocycles. The summed E-state index contributed by atoms with van der Waals surface area (Å²) in [6.07, 6.45) is 0.248. The van der Waals surface area contributed by atoms with E-state index >= 15 is 0 Å². The van der Waals surface area contributed by atoms with E-state index in [-0.39, 0.29) is 6.54 Å². The van der Waals surface area contributed by atoms with Gasteiger partial charge in [0.15, 0.2) is 0 Å². The number of thiophene rings is 1. The van der Waals surface area contributed by atoms with Gasteiger partial charge in [-0.2, -0.15) is 0 Å². The second-order valence-corrected chi connectivity index (χ2v) is 5.29. The van der Waals surface area contributed by atoms with Gasteiger partial charge < -0.3 is 20.8 Å². The first-order chi connectivity index (χ1) is 9.42. The van der Waals surface area contributed by atoms with Crippen LogP contribution in [0.5, 0.6) is 0 Å². The minimum Gasteiger partial charge on any atom is -0.481 e. The molecule has 0 saturated carbocycles. The molecule has 0 aliphatic heterocycles. The van der Waals surface area contributed by atoms with E-state index in [0.717, 1.165) is 11.3 Å². The van der Waals surface area contributed by atoms with Crippen molar-refractivity contribution in [2.24, 2.45) is 0 Å². The number of nitrogens with one attached hydrogen (secondary N) is 2. The monoisotopic (exact) mass is 300 g/mol. The normalized spacial score (nSPS) is 11.7. The molecule has 0 spiro atoms. The summed E-state index contributed by atoms with van der Waals surface area (Å²) in [4.78, 5) is 34.9. The number of carbonyl (C=O) groups is 3. The van der Waals surface area contributed by atoms with Gasteiger partial charge in [-0.3, -0.25) is 4.79 Å². The third-order valence-corrected chi connectivity index (χ3v) is 3.70. The molecule has 1 atom stereocenters. The fourth-order valence-electron chi connectivity index (χ4n) is 1.46. The van der Waals surface area contributed by atoms with Crippen LogP contribution in [0.15, 0.2) is 12.1 Å². The van der Waals surface area contributed by atoms with Crippen LogP contribution in [0.25, 0.3) is 0 Å². The number of carbonyl (C=O) groups excluding carboxylic acids is 1. The topological polar surface area (TPSA) is 116 Å². The summed E-state index contributed by atoms with van der Waals surface area (Å²) in [5.74, 6) is -2.67. The lowest BCUT2D eigenvalue weighted by molar-refractivity contribution is -0.145. The number of urea groups is 1. The van der Waals surface area contributed by atoms with E-state index in [1.807, 2.05) is 19.1 Å². The van der Waals surface area contributed by atoms with Crippen LogP contribution in [-0.2, 0) is 22.6 Å². The summed E-state index contributed by atoms with van der Waals surface area (Å²) in [5, 5.41) is 21.9. The van der Waals surface area contributed by atoms with Crippen LogP contribution in [0, 0.1) is 0 Å². The number of hydrogen-bond donors (Lipinski definition) is 4. The SMILES string of the molecule is CCc1ccc(CNC(=O)NC(CC(=O)O)C(=O)O)s1. The molecule has 1 unspecified atom stereocenters. The third-order valence-electron chi connectivity index (χ3n) is 2.47. The molecule has 0 radical (unpaired) electrons. The van der Waals surface area contributed by atoms with Crippen LogP contribution in [-0.4, -0.2) is 34.2 Å². The highest BCUT2D eigenvalue weighted by Crippen LogP contribution is 2.16. The van der Waals surface area contributed by atoms with Crippen LogP contribution in [0.1, 0.15) is 23.1 Å². The van der Waals surface area contributed by atoms with E-state index in [9.17, 15) is 14.4 Å². The van der Waals surface area contributed by atoms with Crippen molar-refractivity contribution in [2.75, 3.05) is 0 Å². The lowest BCUT2D eigenvalue weighted by Crippen LogP contribution is -2.46. The summed E-state index contributed by atoms with van der Waals surface area (Å²) in [5.41, 5.74) is 0. The van der Waals surface area contributed by atoms with Crippen LogP contribution in [0.2, 0.25) is 0 Å². The highest BCUT2D eigenvalue weighted by atomic mass is 32.1. The fourth-order valence-corrected chi connectivity index (χ4v) is 2.36. The van der Waals surface area contributed by atoms with Crippen molar-refractivity contribution >= 4 is 29.3 Å². The second kappa shape index (κ2) is 7.49. The number of aryl methyl sites for hydroxylation is 1. The number of hydrogen-bond acceptors (Lipinski definition) is 4. The van der Waals surface area contributed by atoms with Crippen molar-refractivity contribution in [1.82, 2.24) is 10.6 Å². The highest BCUT2D eigenvalue weighted by molar-refractivity contribution is 7.11. The zero-order chi connectivity index (χ0) is 15.1. The van der Waals surface area contributed by atoms with Crippen LogP contribution >= 0.6 is 11.3 Å². The molecule has 1 aromatic rings. The molecule has 1 rings (SSSR count). The Morgan fingerprint density at radius 3 is 2.40 bits per heavy atom. The first-order valence-corrected chi connectivity index (χ1v) is 6.80. The summed E-state index contributed by atoms with van der Waals surface area (Å²) in [7, 11) is 0. The zero-order valence-corrected chi connectivity index (χ0v) is 11.7. The largest absolute Gasteiger partial charge is 0.481 e. The van der Waals surface area contributed by atoms with Gasteiger partial charge in [-0.15, -0.1) is 11.3 Å². The molecular weight excluding hydrogens is 284 g/mol. The number of carboxylic acids is 2. The van der Waals surface area contributed by atoms with E-state index in [4.69, 9.17) is 10.2 Å². The Balaban J connectivity index is 2.45. The molecule has 0 saturated heterocycles. The molecule has 8 heteroatoms. The lowest BCUT2D eigenvalue weighted by atomic mass is 10.2. The van der Waals surface area contributed by atoms with Crippen molar-refractivity contribution in [3.05, 3.63) is 21.9 Å². The molecule has 4 N–H and O–H groups in total. The van der Waals surface area contributed by atoms with E-state index in [0.29, 0.717) is 0 Å². The van der Waals surface area contributed by atoms with Crippen molar-refractivity contribution in [3.63, 3.8) is 0 Å². The molecular formula is C12H16N2O5S. The molecule has 20 heavy (non-hydrogen) atoms. The summed E-state index contributed by atoms with van der Waals surface area (Å²) in [6, 6.07) is 1.70. The van der Waals surface area contributed by atoms with Gasteiger partial charge in [0.05, 0.1) is 13.0 Å². The summed E-state index contributed by atoms with van der Waals surface area (Å²) < 4.78 is 0. The number of rotatable bonds is 7. The molecule has 110 valence electrons. The minimum atomic E-state index is -1.44. The quantitative estimate of drug-likeness (QED) is 0.600. The number of aliphatic carboxylic acids is 2. The Labute approximate surface area is 119 Å². The van der Waals surface area contributed by atoms with Gasteiger partial charge in [0.25, 0.3) is 0 Å². The van der Waals surface area contributed by atoms with Crippen molar-refractivity contribution in [1.29, 1.82) is 0 Å². The van der Waals surface area contributed by atoms with Gasteiger partial charge in [-0.1, -0.05) is 6.92 Å². The molecule has 2 amide bonds. The molecule has 7 nitrogen and oxygen atoms in total. The van der Waals surface area contributed by atoms with E-state index in [1.54, 1.807) is 11.3 Å². The predicted molar refractivity (Wildman–Crippen MR) is 72.7 cm³/mol. The summed E-state index contributed by atoms with van der Waals surface area (Å²) in [6.45, 7) is 2.30. The maximum absolute atomic E-state index is 11.5. The van der Waals surface area contributed by atoms with Gasteiger partial charge in [0, 0.05) is 9.75 Å². The van der Waals surface area contributed by atoms with Crippen LogP contribution in [0.3, 0.4) is 0 Å². The maximum Gasteiger partial charge on any atom is 0.326 e. The van der Waals surface area contributed by atoms with Crippen molar-refractivity contribution < 1.29 is 24.6 Å². The van der Waals surface area contributed by atoms with Crippen LogP contribution < -0.4 is 10.6 Å². The molecule has 0 aliphatic carbocycles. The number of amides is 2. The Morgan fingerprint density at radius 2 is 1.90 bits per heavy atom. The van der Waals surface area contributed by atoms with Crippen LogP contribution in [0.4, 0.5) is 4.79 Å². The Bertz CT molecular complexity index is 500.